The van der Waals surface area contributed by atoms with E-state index < -0.39 is 8.32 Å². The van der Waals surface area contributed by atoms with Crippen LogP contribution in [-0.2, 0) is 4.43 Å². The molecule has 128 valence electrons. The third-order valence-electron chi connectivity index (χ3n) is 4.69. The van der Waals surface area contributed by atoms with Gasteiger partial charge in [0.1, 0.15) is 11.9 Å². The molecule has 4 heteroatoms. The van der Waals surface area contributed by atoms with Crippen molar-refractivity contribution < 1.29 is 13.9 Å². The van der Waals surface area contributed by atoms with Crippen LogP contribution in [0.15, 0.2) is 22.8 Å². The molecule has 1 aromatic rings. The van der Waals surface area contributed by atoms with Crippen molar-refractivity contribution in [3.05, 3.63) is 24.2 Å². The Balaban J connectivity index is 2.59. The fourth-order valence-corrected chi connectivity index (χ4v) is 3.51. The number of hydrogen-bond acceptors (Lipinski definition) is 3. The van der Waals surface area contributed by atoms with Crippen LogP contribution in [0, 0.1) is 0 Å². The van der Waals surface area contributed by atoms with E-state index in [4.69, 9.17) is 8.84 Å². The van der Waals surface area contributed by atoms with Crippen molar-refractivity contribution in [1.82, 2.24) is 0 Å². The van der Waals surface area contributed by atoms with Gasteiger partial charge in [-0.05, 0) is 50.0 Å². The summed E-state index contributed by atoms with van der Waals surface area (Å²) < 4.78 is 12.2. The number of rotatable bonds is 9. The Kier molecular flexibility index (Phi) is 7.36. The van der Waals surface area contributed by atoms with Crippen LogP contribution in [0.1, 0.15) is 71.7 Å². The lowest BCUT2D eigenvalue weighted by Gasteiger charge is -2.38. The van der Waals surface area contributed by atoms with E-state index in [1.807, 2.05) is 19.1 Å². The minimum atomic E-state index is -1.81. The van der Waals surface area contributed by atoms with Crippen LogP contribution in [0.25, 0.3) is 0 Å². The number of aliphatic hydroxyl groups excluding tert-OH is 1. The zero-order valence-corrected chi connectivity index (χ0v) is 16.2. The zero-order valence-electron chi connectivity index (χ0n) is 15.2. The molecule has 0 unspecified atom stereocenters. The predicted octanol–water partition coefficient (Wildman–Crippen LogP) is 5.67. The summed E-state index contributed by atoms with van der Waals surface area (Å²) >= 11 is 0. The van der Waals surface area contributed by atoms with E-state index in [0.29, 0.717) is 0 Å². The second-order valence-electron chi connectivity index (χ2n) is 7.87. The van der Waals surface area contributed by atoms with Crippen molar-refractivity contribution in [3.8, 4) is 0 Å². The molecule has 22 heavy (non-hydrogen) atoms. The zero-order chi connectivity index (χ0) is 16.8. The SMILES string of the molecule is C[C@H](O)CCCCC[C@@H](O[Si](C)(C)C(C)(C)C)c1ccco1. The van der Waals surface area contributed by atoms with Gasteiger partial charge in [-0.25, -0.2) is 0 Å². The first-order valence-corrected chi connectivity index (χ1v) is 11.4. The van der Waals surface area contributed by atoms with Crippen molar-refractivity contribution in [2.75, 3.05) is 0 Å². The fraction of sp³-hybridized carbons (Fsp3) is 0.778. The van der Waals surface area contributed by atoms with E-state index in [1.165, 1.54) is 0 Å². The van der Waals surface area contributed by atoms with Crippen LogP contribution < -0.4 is 0 Å². The molecular formula is C18H34O3Si. The van der Waals surface area contributed by atoms with Gasteiger partial charge in [0.25, 0.3) is 0 Å². The van der Waals surface area contributed by atoms with E-state index in [0.717, 1.165) is 37.9 Å². The lowest BCUT2D eigenvalue weighted by Crippen LogP contribution is -2.41. The number of aliphatic hydroxyl groups is 1. The molecule has 0 aromatic carbocycles. The third kappa shape index (κ3) is 6.27. The highest BCUT2D eigenvalue weighted by atomic mass is 28.4. The molecule has 1 heterocycles. The lowest BCUT2D eigenvalue weighted by atomic mass is 10.1. The Morgan fingerprint density at radius 1 is 1.18 bits per heavy atom. The van der Waals surface area contributed by atoms with Gasteiger partial charge in [0.2, 0.25) is 0 Å². The standard InChI is InChI=1S/C18H34O3Si/c1-15(19)11-8-7-9-12-17(16-13-10-14-20-16)21-22(5,6)18(2,3)4/h10,13-15,17,19H,7-9,11-12H2,1-6H3/t15-,17+/m0/s1. The van der Waals surface area contributed by atoms with Crippen LogP contribution in [0.2, 0.25) is 18.1 Å². The van der Waals surface area contributed by atoms with Crippen molar-refractivity contribution in [2.45, 2.75) is 90.1 Å². The van der Waals surface area contributed by atoms with Gasteiger partial charge in [-0.3, -0.25) is 0 Å². The van der Waals surface area contributed by atoms with Crippen LogP contribution >= 0.6 is 0 Å². The Morgan fingerprint density at radius 2 is 1.82 bits per heavy atom. The minimum Gasteiger partial charge on any atom is -0.467 e. The van der Waals surface area contributed by atoms with Crippen LogP contribution in [-0.4, -0.2) is 19.5 Å². The van der Waals surface area contributed by atoms with Gasteiger partial charge >= 0.3 is 0 Å². The minimum absolute atomic E-state index is 0.0578. The largest absolute Gasteiger partial charge is 0.467 e. The quantitative estimate of drug-likeness (QED) is 0.469. The van der Waals surface area contributed by atoms with Gasteiger partial charge in [-0.2, -0.15) is 0 Å². The van der Waals surface area contributed by atoms with Crippen LogP contribution in [0.3, 0.4) is 0 Å². The van der Waals surface area contributed by atoms with Crippen molar-refractivity contribution in [1.29, 1.82) is 0 Å². The molecule has 0 spiro atoms. The summed E-state index contributed by atoms with van der Waals surface area (Å²) in [6.07, 6.45) is 6.77. The van der Waals surface area contributed by atoms with E-state index in [9.17, 15) is 5.11 Å². The molecule has 0 radical (unpaired) electrons. The summed E-state index contributed by atoms with van der Waals surface area (Å²) in [6.45, 7) is 13.2. The van der Waals surface area contributed by atoms with Gasteiger partial charge in [0, 0.05) is 0 Å². The maximum absolute atomic E-state index is 9.32. The van der Waals surface area contributed by atoms with Gasteiger partial charge in [0.15, 0.2) is 8.32 Å². The molecule has 1 rings (SSSR count). The Morgan fingerprint density at radius 3 is 2.32 bits per heavy atom. The summed E-state index contributed by atoms with van der Waals surface area (Å²) in [6, 6.07) is 3.96. The summed E-state index contributed by atoms with van der Waals surface area (Å²) in [5.41, 5.74) is 0. The first kappa shape index (κ1) is 19.5. The van der Waals surface area contributed by atoms with Crippen molar-refractivity contribution in [2.24, 2.45) is 0 Å². The molecule has 0 aliphatic heterocycles. The molecule has 3 nitrogen and oxygen atoms in total. The Labute approximate surface area is 137 Å². The highest BCUT2D eigenvalue weighted by Gasteiger charge is 2.39. The number of unbranched alkanes of at least 4 members (excludes halogenated alkanes) is 2. The third-order valence-corrected chi connectivity index (χ3v) is 9.18. The highest BCUT2D eigenvalue weighted by Crippen LogP contribution is 2.41. The highest BCUT2D eigenvalue weighted by molar-refractivity contribution is 6.74. The van der Waals surface area contributed by atoms with E-state index in [1.54, 1.807) is 6.26 Å². The topological polar surface area (TPSA) is 42.6 Å². The summed E-state index contributed by atoms with van der Waals surface area (Å²) in [4.78, 5) is 0. The van der Waals surface area contributed by atoms with E-state index in [2.05, 4.69) is 33.9 Å². The number of furan rings is 1. The van der Waals surface area contributed by atoms with E-state index in [-0.39, 0.29) is 17.2 Å². The molecule has 0 aliphatic rings. The van der Waals surface area contributed by atoms with Crippen molar-refractivity contribution >= 4 is 8.32 Å². The second-order valence-corrected chi connectivity index (χ2v) is 12.6. The molecule has 0 bridgehead atoms. The van der Waals surface area contributed by atoms with Crippen LogP contribution in [0.4, 0.5) is 0 Å². The summed E-state index contributed by atoms with van der Waals surface area (Å²) in [7, 11) is -1.81. The average Bonchev–Trinajstić information content (AvgIpc) is 2.88. The normalized spacial score (nSPS) is 15.8. The van der Waals surface area contributed by atoms with Gasteiger partial charge < -0.3 is 13.9 Å². The Hall–Kier alpha value is -0.583. The molecule has 2 atom stereocenters. The lowest BCUT2D eigenvalue weighted by molar-refractivity contribution is 0.142. The summed E-state index contributed by atoms with van der Waals surface area (Å²) in [5.74, 6) is 0.945. The molecule has 0 saturated heterocycles. The molecule has 0 fully saturated rings. The molecule has 1 aromatic heterocycles. The van der Waals surface area contributed by atoms with E-state index >= 15 is 0 Å². The molecule has 1 N–H and O–H groups in total. The molecule has 0 aliphatic carbocycles. The Bertz CT molecular complexity index is 404. The first-order valence-electron chi connectivity index (χ1n) is 8.53. The predicted molar refractivity (Wildman–Crippen MR) is 94.5 cm³/mol. The maximum atomic E-state index is 9.32. The smallest absolute Gasteiger partial charge is 0.193 e. The maximum Gasteiger partial charge on any atom is 0.193 e. The van der Waals surface area contributed by atoms with Gasteiger partial charge in [-0.15, -0.1) is 0 Å². The molecular weight excluding hydrogens is 292 g/mol. The van der Waals surface area contributed by atoms with Gasteiger partial charge in [0.05, 0.1) is 12.4 Å². The summed E-state index contributed by atoms with van der Waals surface area (Å²) in [5, 5.41) is 9.52. The molecule has 0 saturated carbocycles. The monoisotopic (exact) mass is 326 g/mol. The molecule has 0 amide bonds. The van der Waals surface area contributed by atoms with Crippen molar-refractivity contribution in [3.63, 3.8) is 0 Å². The number of hydrogen-bond donors (Lipinski definition) is 1. The van der Waals surface area contributed by atoms with Crippen LogP contribution in [0.5, 0.6) is 0 Å². The second kappa shape index (κ2) is 8.32. The first-order chi connectivity index (χ1) is 10.1. The fourth-order valence-electron chi connectivity index (χ4n) is 2.21. The average molecular weight is 327 g/mol. The van der Waals surface area contributed by atoms with Gasteiger partial charge in [-0.1, -0.05) is 40.0 Å².